The van der Waals surface area contributed by atoms with Crippen molar-refractivity contribution >= 4 is 15.9 Å². The Balaban J connectivity index is 2.88. The summed E-state index contributed by atoms with van der Waals surface area (Å²) in [5, 5.41) is 0. The summed E-state index contributed by atoms with van der Waals surface area (Å²) in [4.78, 5) is 8.86. The van der Waals surface area contributed by atoms with Gasteiger partial charge in [0.25, 0.3) is 0 Å². The molecule has 2 nitrogen and oxygen atoms in total. The summed E-state index contributed by atoms with van der Waals surface area (Å²) in [6.07, 6.45) is 1.81. The van der Waals surface area contributed by atoms with Crippen molar-refractivity contribution < 1.29 is 0 Å². The van der Waals surface area contributed by atoms with Gasteiger partial charge >= 0.3 is 0 Å². The first kappa shape index (κ1) is 9.65. The zero-order chi connectivity index (χ0) is 9.14. The second-order valence-electron chi connectivity index (χ2n) is 2.99. The number of aryl methyl sites for hydroxylation is 1. The number of alkyl halides is 1. The highest BCUT2D eigenvalue weighted by Crippen LogP contribution is 2.21. The van der Waals surface area contributed by atoms with Crippen LogP contribution in [-0.2, 0) is 0 Å². The summed E-state index contributed by atoms with van der Waals surface area (Å²) in [5.41, 5.74) is 1.10. The molecule has 0 aliphatic rings. The first-order valence-corrected chi connectivity index (χ1v) is 4.96. The molecule has 0 saturated carbocycles. The van der Waals surface area contributed by atoms with Gasteiger partial charge in [-0.2, -0.15) is 0 Å². The summed E-state index contributed by atoms with van der Waals surface area (Å²) < 4.78 is 0. The van der Waals surface area contributed by atoms with Gasteiger partial charge in [0, 0.05) is 22.6 Å². The summed E-state index contributed by atoms with van der Waals surface area (Å²) in [6, 6.07) is 1.97. The van der Waals surface area contributed by atoms with Crippen LogP contribution in [0.2, 0.25) is 0 Å². The van der Waals surface area contributed by atoms with E-state index >= 15 is 0 Å². The van der Waals surface area contributed by atoms with Gasteiger partial charge in [0.15, 0.2) is 0 Å². The standard InChI is InChI=1S/C9H13BrN2/c1-6(7(2)10)9-4-5-11-8(3)12-9/h4-7H,1-3H3. The molecule has 1 heterocycles. The van der Waals surface area contributed by atoms with Gasteiger partial charge in [-0.15, -0.1) is 0 Å². The Morgan fingerprint density at radius 1 is 1.42 bits per heavy atom. The Kier molecular flexibility index (Phi) is 3.20. The van der Waals surface area contributed by atoms with Crippen LogP contribution in [0.4, 0.5) is 0 Å². The molecule has 2 unspecified atom stereocenters. The minimum absolute atomic E-state index is 0.437. The third-order valence-electron chi connectivity index (χ3n) is 1.95. The Hall–Kier alpha value is -0.440. The van der Waals surface area contributed by atoms with Crippen molar-refractivity contribution in [3.63, 3.8) is 0 Å². The molecule has 0 saturated heterocycles. The van der Waals surface area contributed by atoms with E-state index in [1.807, 2.05) is 19.2 Å². The van der Waals surface area contributed by atoms with Crippen LogP contribution in [0.3, 0.4) is 0 Å². The van der Waals surface area contributed by atoms with Crippen molar-refractivity contribution in [3.8, 4) is 0 Å². The number of hydrogen-bond donors (Lipinski definition) is 0. The summed E-state index contributed by atoms with van der Waals surface area (Å²) in [5.74, 6) is 1.28. The number of nitrogens with zero attached hydrogens (tertiary/aromatic N) is 2. The molecule has 0 radical (unpaired) electrons. The van der Waals surface area contributed by atoms with Crippen LogP contribution in [0, 0.1) is 6.92 Å². The predicted molar refractivity (Wildman–Crippen MR) is 53.6 cm³/mol. The molecule has 12 heavy (non-hydrogen) atoms. The molecule has 0 N–H and O–H groups in total. The van der Waals surface area contributed by atoms with Crippen molar-refractivity contribution in [2.75, 3.05) is 0 Å². The van der Waals surface area contributed by atoms with Crippen LogP contribution in [0.15, 0.2) is 12.3 Å². The van der Waals surface area contributed by atoms with Gasteiger partial charge in [-0.25, -0.2) is 9.97 Å². The van der Waals surface area contributed by atoms with Crippen LogP contribution in [0.25, 0.3) is 0 Å². The molecule has 66 valence electrons. The zero-order valence-electron chi connectivity index (χ0n) is 7.58. The number of hydrogen-bond acceptors (Lipinski definition) is 2. The van der Waals surface area contributed by atoms with E-state index in [1.54, 1.807) is 0 Å². The van der Waals surface area contributed by atoms with Gasteiger partial charge in [-0.3, -0.25) is 0 Å². The molecule has 1 aromatic rings. The molecule has 0 aromatic carbocycles. The highest BCUT2D eigenvalue weighted by atomic mass is 79.9. The molecule has 0 fully saturated rings. The Labute approximate surface area is 81.6 Å². The van der Waals surface area contributed by atoms with Crippen molar-refractivity contribution in [1.29, 1.82) is 0 Å². The second-order valence-corrected chi connectivity index (χ2v) is 4.44. The lowest BCUT2D eigenvalue weighted by Crippen LogP contribution is -2.07. The fraction of sp³-hybridized carbons (Fsp3) is 0.556. The topological polar surface area (TPSA) is 25.8 Å². The van der Waals surface area contributed by atoms with Crippen molar-refractivity contribution in [1.82, 2.24) is 9.97 Å². The van der Waals surface area contributed by atoms with E-state index in [9.17, 15) is 0 Å². The van der Waals surface area contributed by atoms with Gasteiger partial charge in [0.1, 0.15) is 5.82 Å². The monoisotopic (exact) mass is 228 g/mol. The Morgan fingerprint density at radius 3 is 2.58 bits per heavy atom. The maximum atomic E-state index is 4.35. The molecule has 1 aromatic heterocycles. The van der Waals surface area contributed by atoms with Gasteiger partial charge in [-0.05, 0) is 13.0 Å². The van der Waals surface area contributed by atoms with E-state index in [-0.39, 0.29) is 0 Å². The number of aromatic nitrogens is 2. The van der Waals surface area contributed by atoms with E-state index in [1.165, 1.54) is 0 Å². The SMILES string of the molecule is Cc1nccc(C(C)C(C)Br)n1. The molecular formula is C9H13BrN2. The van der Waals surface area contributed by atoms with Crippen LogP contribution in [0.1, 0.15) is 31.3 Å². The maximum absolute atomic E-state index is 4.35. The molecule has 0 bridgehead atoms. The lowest BCUT2D eigenvalue weighted by molar-refractivity contribution is 0.723. The Bertz CT molecular complexity index is 260. The second kappa shape index (κ2) is 3.99. The molecule has 0 amide bonds. The minimum Gasteiger partial charge on any atom is -0.242 e. The molecule has 1 rings (SSSR count). The Morgan fingerprint density at radius 2 is 2.08 bits per heavy atom. The quantitative estimate of drug-likeness (QED) is 0.728. The predicted octanol–water partition coefficient (Wildman–Crippen LogP) is 2.67. The fourth-order valence-corrected chi connectivity index (χ4v) is 1.23. The van der Waals surface area contributed by atoms with E-state index in [0.717, 1.165) is 11.5 Å². The summed E-state index contributed by atoms with van der Waals surface area (Å²) in [6.45, 7) is 6.19. The maximum Gasteiger partial charge on any atom is 0.125 e. The average molecular weight is 229 g/mol. The van der Waals surface area contributed by atoms with Crippen LogP contribution in [0.5, 0.6) is 0 Å². The van der Waals surface area contributed by atoms with Gasteiger partial charge in [-0.1, -0.05) is 29.8 Å². The third-order valence-corrected chi connectivity index (χ3v) is 2.75. The van der Waals surface area contributed by atoms with Crippen molar-refractivity contribution in [2.24, 2.45) is 0 Å². The first-order chi connectivity index (χ1) is 5.61. The average Bonchev–Trinajstić information content (AvgIpc) is 2.03. The van der Waals surface area contributed by atoms with E-state index in [0.29, 0.717) is 10.7 Å². The zero-order valence-corrected chi connectivity index (χ0v) is 9.17. The molecule has 0 aliphatic heterocycles. The van der Waals surface area contributed by atoms with Crippen LogP contribution < -0.4 is 0 Å². The lowest BCUT2D eigenvalue weighted by atomic mass is 10.1. The highest BCUT2D eigenvalue weighted by Gasteiger charge is 2.12. The molecular weight excluding hydrogens is 216 g/mol. The molecule has 3 heteroatoms. The van der Waals surface area contributed by atoms with E-state index < -0.39 is 0 Å². The first-order valence-electron chi connectivity index (χ1n) is 4.05. The smallest absolute Gasteiger partial charge is 0.125 e. The molecule has 2 atom stereocenters. The van der Waals surface area contributed by atoms with Crippen LogP contribution in [-0.4, -0.2) is 14.8 Å². The minimum atomic E-state index is 0.437. The van der Waals surface area contributed by atoms with E-state index in [4.69, 9.17) is 0 Å². The van der Waals surface area contributed by atoms with Crippen LogP contribution >= 0.6 is 15.9 Å². The van der Waals surface area contributed by atoms with Gasteiger partial charge < -0.3 is 0 Å². The highest BCUT2D eigenvalue weighted by molar-refractivity contribution is 9.09. The third kappa shape index (κ3) is 2.27. The number of rotatable bonds is 2. The number of halogens is 1. The summed E-state index contributed by atoms with van der Waals surface area (Å²) in [7, 11) is 0. The fourth-order valence-electron chi connectivity index (χ4n) is 0.963. The van der Waals surface area contributed by atoms with Crippen molar-refractivity contribution in [3.05, 3.63) is 23.8 Å². The molecule has 0 aliphatic carbocycles. The van der Waals surface area contributed by atoms with E-state index in [2.05, 4.69) is 39.7 Å². The summed E-state index contributed by atoms with van der Waals surface area (Å²) >= 11 is 3.54. The van der Waals surface area contributed by atoms with Gasteiger partial charge in [0.2, 0.25) is 0 Å². The molecule has 0 spiro atoms. The largest absolute Gasteiger partial charge is 0.242 e. The lowest BCUT2D eigenvalue weighted by Gasteiger charge is -2.12. The van der Waals surface area contributed by atoms with Gasteiger partial charge in [0.05, 0.1) is 0 Å². The normalized spacial score (nSPS) is 15.7. The van der Waals surface area contributed by atoms with Crippen molar-refractivity contribution in [2.45, 2.75) is 31.5 Å².